The number of rotatable bonds is 3. The number of nitrogens with zero attached hydrogens (tertiary/aromatic N) is 2. The molecule has 3 rings (SSSR count). The van der Waals surface area contributed by atoms with Gasteiger partial charge in [0.2, 0.25) is 0 Å². The molecular weight excluding hydrogens is 469 g/mol. The van der Waals surface area contributed by atoms with Gasteiger partial charge in [0, 0.05) is 5.56 Å². The van der Waals surface area contributed by atoms with Crippen molar-refractivity contribution in [3.63, 3.8) is 0 Å². The lowest BCUT2D eigenvalue weighted by atomic mass is 10.0. The van der Waals surface area contributed by atoms with Crippen molar-refractivity contribution in [3.05, 3.63) is 81.3 Å². The van der Waals surface area contributed by atoms with Crippen LogP contribution in [0.15, 0.2) is 53.3 Å². The Bertz CT molecular complexity index is 1190. The van der Waals surface area contributed by atoms with Gasteiger partial charge in [-0.1, -0.05) is 30.3 Å². The second-order valence-corrected chi connectivity index (χ2v) is 6.87. The molecule has 0 bridgehead atoms. The number of nitrogens with two attached hydrogens (primary N) is 1. The van der Waals surface area contributed by atoms with Gasteiger partial charge < -0.3 is 5.73 Å². The summed E-state index contributed by atoms with van der Waals surface area (Å²) in [6, 6.07) is 7.67. The lowest BCUT2D eigenvalue weighted by Crippen LogP contribution is -2.30. The predicted molar refractivity (Wildman–Crippen MR) is 98.9 cm³/mol. The van der Waals surface area contributed by atoms with E-state index >= 15 is 0 Å². The smallest absolute Gasteiger partial charge is 0.392 e. The summed E-state index contributed by atoms with van der Waals surface area (Å²) in [4.78, 5) is 15.8. The third kappa shape index (κ3) is 5.12. The lowest BCUT2D eigenvalue weighted by Gasteiger charge is -2.19. The van der Waals surface area contributed by atoms with E-state index in [0.29, 0.717) is 10.1 Å². The fraction of sp³-hybridized carbons (Fsp3) is 0.200. The molecule has 0 saturated carbocycles. The van der Waals surface area contributed by atoms with E-state index < -0.39 is 64.5 Å². The Morgan fingerprint density at radius 1 is 0.788 bits per heavy atom. The highest BCUT2D eigenvalue weighted by Gasteiger charge is 2.40. The van der Waals surface area contributed by atoms with Gasteiger partial charge in [-0.05, 0) is 23.8 Å². The monoisotopic (exact) mass is 481 g/mol. The van der Waals surface area contributed by atoms with Crippen LogP contribution in [-0.4, -0.2) is 9.55 Å². The number of anilines is 1. The second kappa shape index (κ2) is 8.12. The largest absolute Gasteiger partial charge is 0.435 e. The zero-order valence-electron chi connectivity index (χ0n) is 16.1. The summed E-state index contributed by atoms with van der Waals surface area (Å²) in [7, 11) is 0. The highest BCUT2D eigenvalue weighted by atomic mass is 19.4. The SMILES string of the molecule is Nc1c(C(F)(F)F)nc(-c2cc(C(F)(F)F)cc(C(F)(F)F)c2)n(Cc2ccccc2)c1=O. The summed E-state index contributed by atoms with van der Waals surface area (Å²) >= 11 is 0. The molecule has 1 heterocycles. The van der Waals surface area contributed by atoms with Crippen LogP contribution in [-0.2, 0) is 25.1 Å². The molecule has 2 N–H and O–H groups in total. The van der Waals surface area contributed by atoms with Crippen LogP contribution in [0, 0.1) is 0 Å². The van der Waals surface area contributed by atoms with E-state index in [4.69, 9.17) is 5.73 Å². The number of hydrogen-bond donors (Lipinski definition) is 1. The van der Waals surface area contributed by atoms with Gasteiger partial charge >= 0.3 is 18.5 Å². The molecule has 0 unspecified atom stereocenters. The summed E-state index contributed by atoms with van der Waals surface area (Å²) in [5, 5.41) is 0. The molecule has 33 heavy (non-hydrogen) atoms. The van der Waals surface area contributed by atoms with Gasteiger partial charge in [-0.3, -0.25) is 9.36 Å². The molecule has 0 fully saturated rings. The van der Waals surface area contributed by atoms with Crippen LogP contribution >= 0.6 is 0 Å². The van der Waals surface area contributed by atoms with Gasteiger partial charge in [0.1, 0.15) is 11.5 Å². The second-order valence-electron chi connectivity index (χ2n) is 6.87. The number of nitrogen functional groups attached to an aromatic ring is 1. The Balaban J connectivity index is 2.39. The molecule has 3 aromatic rings. The molecule has 176 valence electrons. The van der Waals surface area contributed by atoms with E-state index in [1.165, 1.54) is 24.3 Å². The fourth-order valence-corrected chi connectivity index (χ4v) is 3.00. The van der Waals surface area contributed by atoms with Crippen molar-refractivity contribution in [2.45, 2.75) is 25.1 Å². The first-order valence-corrected chi connectivity index (χ1v) is 8.90. The third-order valence-electron chi connectivity index (χ3n) is 4.50. The average molecular weight is 481 g/mol. The number of benzene rings is 2. The van der Waals surface area contributed by atoms with E-state index in [-0.39, 0.29) is 18.2 Å². The first kappa shape index (κ1) is 24.1. The molecule has 0 atom stereocenters. The van der Waals surface area contributed by atoms with Crippen molar-refractivity contribution >= 4 is 5.69 Å². The van der Waals surface area contributed by atoms with Crippen molar-refractivity contribution in [3.8, 4) is 11.4 Å². The van der Waals surface area contributed by atoms with Crippen LogP contribution in [0.2, 0.25) is 0 Å². The van der Waals surface area contributed by atoms with Crippen LogP contribution in [0.3, 0.4) is 0 Å². The first-order chi connectivity index (χ1) is 15.1. The molecule has 13 heteroatoms. The van der Waals surface area contributed by atoms with Crippen LogP contribution < -0.4 is 11.3 Å². The number of hydrogen-bond acceptors (Lipinski definition) is 3. The first-order valence-electron chi connectivity index (χ1n) is 8.90. The van der Waals surface area contributed by atoms with Crippen LogP contribution in [0.25, 0.3) is 11.4 Å². The van der Waals surface area contributed by atoms with Crippen LogP contribution in [0.5, 0.6) is 0 Å². The summed E-state index contributed by atoms with van der Waals surface area (Å²) in [6.07, 6.45) is -15.8. The van der Waals surface area contributed by atoms with Crippen LogP contribution in [0.1, 0.15) is 22.4 Å². The predicted octanol–water partition coefficient (Wildman–Crippen LogP) is 5.60. The molecule has 0 aliphatic rings. The Labute approximate surface area is 179 Å². The number of alkyl halides is 9. The van der Waals surface area contributed by atoms with Crippen molar-refractivity contribution in [2.24, 2.45) is 0 Å². The van der Waals surface area contributed by atoms with E-state index in [2.05, 4.69) is 4.98 Å². The molecule has 0 saturated heterocycles. The van der Waals surface area contributed by atoms with E-state index in [1.54, 1.807) is 6.07 Å². The highest BCUT2D eigenvalue weighted by molar-refractivity contribution is 5.61. The average Bonchev–Trinajstić information content (AvgIpc) is 2.70. The summed E-state index contributed by atoms with van der Waals surface area (Å²) < 4.78 is 120. The molecule has 0 spiro atoms. The minimum atomic E-state index is -5.29. The molecule has 4 nitrogen and oxygen atoms in total. The highest BCUT2D eigenvalue weighted by Crippen LogP contribution is 2.39. The Hall–Kier alpha value is -3.51. The maximum atomic E-state index is 13.4. The molecule has 0 aliphatic heterocycles. The van der Waals surface area contributed by atoms with Gasteiger partial charge in [-0.2, -0.15) is 39.5 Å². The molecule has 0 radical (unpaired) electrons. The zero-order chi connectivity index (χ0) is 24.8. The molecular formula is C20H12F9N3O. The Kier molecular flexibility index (Phi) is 5.94. The van der Waals surface area contributed by atoms with E-state index in [9.17, 15) is 44.3 Å². The topological polar surface area (TPSA) is 60.9 Å². The van der Waals surface area contributed by atoms with Gasteiger partial charge in [0.25, 0.3) is 5.56 Å². The van der Waals surface area contributed by atoms with Gasteiger partial charge in [-0.15, -0.1) is 0 Å². The molecule has 2 aromatic carbocycles. The minimum Gasteiger partial charge on any atom is -0.392 e. The molecule has 0 aliphatic carbocycles. The quantitative estimate of drug-likeness (QED) is 0.496. The third-order valence-corrected chi connectivity index (χ3v) is 4.50. The summed E-state index contributed by atoms with van der Waals surface area (Å²) in [6.45, 7) is -0.512. The van der Waals surface area contributed by atoms with Crippen molar-refractivity contribution < 1.29 is 39.5 Å². The van der Waals surface area contributed by atoms with Crippen molar-refractivity contribution in [1.82, 2.24) is 9.55 Å². The van der Waals surface area contributed by atoms with E-state index in [0.717, 1.165) is 0 Å². The standard InChI is InChI=1S/C20H12F9N3O/c21-18(22,23)12-6-11(7-13(8-12)19(24,25)26)16-31-15(20(27,28)29)14(30)17(33)32(16)9-10-4-2-1-3-5-10/h1-8H,9,30H2. The molecule has 0 amide bonds. The number of halogens is 9. The van der Waals surface area contributed by atoms with Gasteiger partial charge in [0.15, 0.2) is 5.69 Å². The fourth-order valence-electron chi connectivity index (χ4n) is 3.00. The van der Waals surface area contributed by atoms with Gasteiger partial charge in [0.05, 0.1) is 17.7 Å². The molecule has 1 aromatic heterocycles. The lowest BCUT2D eigenvalue weighted by molar-refractivity contribution is -0.143. The normalized spacial score (nSPS) is 12.8. The van der Waals surface area contributed by atoms with E-state index in [1.807, 2.05) is 0 Å². The van der Waals surface area contributed by atoms with Crippen molar-refractivity contribution in [1.29, 1.82) is 0 Å². The van der Waals surface area contributed by atoms with Gasteiger partial charge in [-0.25, -0.2) is 4.98 Å². The summed E-state index contributed by atoms with van der Waals surface area (Å²) in [5.41, 5.74) is -3.68. The van der Waals surface area contributed by atoms with Crippen LogP contribution in [0.4, 0.5) is 45.2 Å². The van der Waals surface area contributed by atoms with Crippen molar-refractivity contribution in [2.75, 3.05) is 5.73 Å². The number of aromatic nitrogens is 2. The Morgan fingerprint density at radius 2 is 1.30 bits per heavy atom. The summed E-state index contributed by atoms with van der Waals surface area (Å²) in [5.74, 6) is -1.05. The minimum absolute atomic E-state index is 0.189. The zero-order valence-corrected chi connectivity index (χ0v) is 16.1. The maximum absolute atomic E-state index is 13.4. The Morgan fingerprint density at radius 3 is 1.76 bits per heavy atom. The maximum Gasteiger partial charge on any atom is 0.435 e.